The molecule has 0 radical (unpaired) electrons. The van der Waals surface area contributed by atoms with Gasteiger partial charge in [0.25, 0.3) is 0 Å². The molecule has 6 heteroatoms. The molecule has 0 saturated carbocycles. The van der Waals surface area contributed by atoms with E-state index in [0.29, 0.717) is 19.8 Å². The standard InChI is InChI=1S/C15H23N3O3/c1-15(2,3)21-14(19)18-7-8-20-10-12(18)13(16)11-5-4-6-17-9-11/h4-6,9,12-13H,7-8,10,16H2,1-3H3. The van der Waals surface area contributed by atoms with E-state index in [1.165, 1.54) is 0 Å². The fourth-order valence-corrected chi connectivity index (χ4v) is 2.26. The highest BCUT2D eigenvalue weighted by atomic mass is 16.6. The second-order valence-electron chi connectivity index (χ2n) is 6.13. The van der Waals surface area contributed by atoms with Crippen LogP contribution in [-0.4, -0.2) is 47.4 Å². The Balaban J connectivity index is 2.13. The Kier molecular flexibility index (Phi) is 4.80. The molecule has 0 bridgehead atoms. The predicted octanol–water partition coefficient (Wildman–Crippen LogP) is 1.72. The Hall–Kier alpha value is -1.66. The van der Waals surface area contributed by atoms with Gasteiger partial charge in [-0.3, -0.25) is 9.88 Å². The molecule has 6 nitrogen and oxygen atoms in total. The van der Waals surface area contributed by atoms with Crippen LogP contribution in [0.5, 0.6) is 0 Å². The molecule has 1 saturated heterocycles. The topological polar surface area (TPSA) is 77.7 Å². The molecule has 2 rings (SSSR count). The van der Waals surface area contributed by atoms with Crippen molar-refractivity contribution >= 4 is 6.09 Å². The van der Waals surface area contributed by atoms with Gasteiger partial charge >= 0.3 is 6.09 Å². The van der Waals surface area contributed by atoms with E-state index in [9.17, 15) is 4.79 Å². The van der Waals surface area contributed by atoms with E-state index in [1.54, 1.807) is 17.3 Å². The quantitative estimate of drug-likeness (QED) is 0.898. The number of rotatable bonds is 2. The van der Waals surface area contributed by atoms with Crippen LogP contribution < -0.4 is 5.73 Å². The third-order valence-electron chi connectivity index (χ3n) is 3.28. The molecular formula is C15H23N3O3. The number of hydrogen-bond donors (Lipinski definition) is 1. The summed E-state index contributed by atoms with van der Waals surface area (Å²) in [6.45, 7) is 6.92. The van der Waals surface area contributed by atoms with Crippen molar-refractivity contribution in [2.75, 3.05) is 19.8 Å². The minimum absolute atomic E-state index is 0.252. The minimum Gasteiger partial charge on any atom is -0.444 e. The van der Waals surface area contributed by atoms with Crippen LogP contribution in [0.25, 0.3) is 0 Å². The molecular weight excluding hydrogens is 270 g/mol. The summed E-state index contributed by atoms with van der Waals surface area (Å²) >= 11 is 0. The Morgan fingerprint density at radius 2 is 2.33 bits per heavy atom. The first kappa shape index (κ1) is 15.7. The smallest absolute Gasteiger partial charge is 0.410 e. The summed E-state index contributed by atoms with van der Waals surface area (Å²) in [7, 11) is 0. The Morgan fingerprint density at radius 1 is 1.57 bits per heavy atom. The highest BCUT2D eigenvalue weighted by Gasteiger charge is 2.35. The molecule has 1 aromatic heterocycles. The zero-order valence-electron chi connectivity index (χ0n) is 12.8. The Labute approximate surface area is 125 Å². The summed E-state index contributed by atoms with van der Waals surface area (Å²) in [5.74, 6) is 0. The first-order valence-corrected chi connectivity index (χ1v) is 7.11. The van der Waals surface area contributed by atoms with E-state index in [4.69, 9.17) is 15.2 Å². The molecule has 1 aliphatic heterocycles. The number of hydrogen-bond acceptors (Lipinski definition) is 5. The molecule has 2 atom stereocenters. The summed E-state index contributed by atoms with van der Waals surface area (Å²) < 4.78 is 10.9. The molecule has 1 aromatic rings. The lowest BCUT2D eigenvalue weighted by Crippen LogP contribution is -2.54. The Bertz CT molecular complexity index is 473. The SMILES string of the molecule is CC(C)(C)OC(=O)N1CCOCC1C(N)c1cccnc1. The average Bonchev–Trinajstić information content (AvgIpc) is 2.45. The maximum Gasteiger partial charge on any atom is 0.410 e. The molecule has 1 fully saturated rings. The second-order valence-corrected chi connectivity index (χ2v) is 6.13. The molecule has 2 N–H and O–H groups in total. The summed E-state index contributed by atoms with van der Waals surface area (Å²) in [6.07, 6.45) is 3.06. The molecule has 2 heterocycles. The van der Waals surface area contributed by atoms with Crippen LogP contribution in [-0.2, 0) is 9.47 Å². The van der Waals surface area contributed by atoms with Crippen molar-refractivity contribution in [3.63, 3.8) is 0 Å². The van der Waals surface area contributed by atoms with Crippen molar-refractivity contribution in [2.24, 2.45) is 5.73 Å². The molecule has 0 aliphatic carbocycles. The van der Waals surface area contributed by atoms with Gasteiger partial charge in [-0.25, -0.2) is 4.79 Å². The van der Waals surface area contributed by atoms with Gasteiger partial charge in [-0.15, -0.1) is 0 Å². The lowest BCUT2D eigenvalue weighted by Gasteiger charge is -2.39. The highest BCUT2D eigenvalue weighted by molar-refractivity contribution is 5.69. The van der Waals surface area contributed by atoms with Gasteiger partial charge < -0.3 is 15.2 Å². The lowest BCUT2D eigenvalue weighted by atomic mass is 10.0. The van der Waals surface area contributed by atoms with Crippen molar-refractivity contribution in [2.45, 2.75) is 38.5 Å². The predicted molar refractivity (Wildman–Crippen MR) is 78.7 cm³/mol. The van der Waals surface area contributed by atoms with Crippen molar-refractivity contribution in [1.29, 1.82) is 0 Å². The van der Waals surface area contributed by atoms with Crippen LogP contribution in [0.3, 0.4) is 0 Å². The van der Waals surface area contributed by atoms with Gasteiger partial charge in [-0.2, -0.15) is 0 Å². The number of aromatic nitrogens is 1. The third kappa shape index (κ3) is 4.15. The van der Waals surface area contributed by atoms with E-state index in [0.717, 1.165) is 5.56 Å². The van der Waals surface area contributed by atoms with Gasteiger partial charge in [0.15, 0.2) is 0 Å². The fourth-order valence-electron chi connectivity index (χ4n) is 2.26. The summed E-state index contributed by atoms with van der Waals surface area (Å²) in [5, 5.41) is 0. The zero-order valence-corrected chi connectivity index (χ0v) is 12.8. The van der Waals surface area contributed by atoms with E-state index >= 15 is 0 Å². The molecule has 116 valence electrons. The first-order valence-electron chi connectivity index (χ1n) is 7.11. The third-order valence-corrected chi connectivity index (χ3v) is 3.28. The number of carbonyl (C=O) groups excluding carboxylic acids is 1. The van der Waals surface area contributed by atoms with Gasteiger partial charge in [0, 0.05) is 18.9 Å². The number of morpholine rings is 1. The highest BCUT2D eigenvalue weighted by Crippen LogP contribution is 2.23. The van der Waals surface area contributed by atoms with Gasteiger partial charge in [-0.05, 0) is 32.4 Å². The number of carbonyl (C=O) groups is 1. The number of ether oxygens (including phenoxy) is 2. The van der Waals surface area contributed by atoms with Crippen LogP contribution >= 0.6 is 0 Å². The number of pyridine rings is 1. The first-order chi connectivity index (χ1) is 9.88. The van der Waals surface area contributed by atoms with E-state index in [-0.39, 0.29) is 18.2 Å². The Morgan fingerprint density at radius 3 is 2.95 bits per heavy atom. The summed E-state index contributed by atoms with van der Waals surface area (Å²) in [6, 6.07) is 3.13. The number of amides is 1. The van der Waals surface area contributed by atoms with Crippen LogP contribution in [0.2, 0.25) is 0 Å². The van der Waals surface area contributed by atoms with E-state index in [2.05, 4.69) is 4.98 Å². The molecule has 1 aliphatic rings. The summed E-state index contributed by atoms with van der Waals surface area (Å²) in [5.41, 5.74) is 6.64. The second kappa shape index (κ2) is 6.41. The number of nitrogens with zero attached hydrogens (tertiary/aromatic N) is 2. The lowest BCUT2D eigenvalue weighted by molar-refractivity contribution is -0.0382. The average molecular weight is 293 g/mol. The van der Waals surface area contributed by atoms with Crippen LogP contribution in [0, 0.1) is 0 Å². The maximum absolute atomic E-state index is 12.3. The van der Waals surface area contributed by atoms with E-state index in [1.807, 2.05) is 32.9 Å². The van der Waals surface area contributed by atoms with Gasteiger partial charge in [0.1, 0.15) is 5.60 Å². The van der Waals surface area contributed by atoms with Gasteiger partial charge in [0.05, 0.1) is 25.3 Å². The zero-order chi connectivity index (χ0) is 15.5. The normalized spacial score (nSPS) is 21.0. The largest absolute Gasteiger partial charge is 0.444 e. The van der Waals surface area contributed by atoms with Crippen molar-refractivity contribution in [1.82, 2.24) is 9.88 Å². The molecule has 0 aromatic carbocycles. The van der Waals surface area contributed by atoms with Crippen molar-refractivity contribution in [3.05, 3.63) is 30.1 Å². The van der Waals surface area contributed by atoms with E-state index < -0.39 is 5.60 Å². The molecule has 1 amide bonds. The molecule has 21 heavy (non-hydrogen) atoms. The molecule has 2 unspecified atom stereocenters. The van der Waals surface area contributed by atoms with Crippen molar-refractivity contribution in [3.8, 4) is 0 Å². The maximum atomic E-state index is 12.3. The van der Waals surface area contributed by atoms with Crippen LogP contribution in [0.15, 0.2) is 24.5 Å². The molecule has 0 spiro atoms. The summed E-state index contributed by atoms with van der Waals surface area (Å²) in [4.78, 5) is 18.1. The number of nitrogens with two attached hydrogens (primary N) is 1. The van der Waals surface area contributed by atoms with Crippen molar-refractivity contribution < 1.29 is 14.3 Å². The van der Waals surface area contributed by atoms with Gasteiger partial charge in [-0.1, -0.05) is 6.07 Å². The van der Waals surface area contributed by atoms with Crippen LogP contribution in [0.4, 0.5) is 4.79 Å². The monoisotopic (exact) mass is 293 g/mol. The minimum atomic E-state index is -0.529. The van der Waals surface area contributed by atoms with Crippen LogP contribution in [0.1, 0.15) is 32.4 Å². The fraction of sp³-hybridized carbons (Fsp3) is 0.600. The van der Waals surface area contributed by atoms with Gasteiger partial charge in [0.2, 0.25) is 0 Å².